The van der Waals surface area contributed by atoms with E-state index in [0.717, 1.165) is 11.3 Å². The maximum atomic E-state index is 14.1. The topological polar surface area (TPSA) is 21.3 Å². The van der Waals surface area contributed by atoms with E-state index in [1.54, 1.807) is 13.2 Å². The van der Waals surface area contributed by atoms with Crippen LogP contribution in [0.3, 0.4) is 0 Å². The first-order valence-electron chi connectivity index (χ1n) is 6.49. The summed E-state index contributed by atoms with van der Waals surface area (Å²) in [6.07, 6.45) is 0.662. The van der Waals surface area contributed by atoms with Gasteiger partial charge in [0.2, 0.25) is 0 Å². The van der Waals surface area contributed by atoms with Gasteiger partial charge in [0.15, 0.2) is 0 Å². The van der Waals surface area contributed by atoms with E-state index in [1.807, 2.05) is 31.3 Å². The van der Waals surface area contributed by atoms with Crippen LogP contribution in [0.25, 0.3) is 0 Å². The minimum Gasteiger partial charge on any atom is -0.497 e. The Kier molecular flexibility index (Phi) is 5.62. The van der Waals surface area contributed by atoms with Crippen molar-refractivity contribution in [3.05, 3.63) is 62.8 Å². The summed E-state index contributed by atoms with van der Waals surface area (Å²) in [6, 6.07) is 10.6. The van der Waals surface area contributed by atoms with Crippen LogP contribution in [0.15, 0.2) is 40.9 Å². The van der Waals surface area contributed by atoms with Gasteiger partial charge in [-0.25, -0.2) is 4.39 Å². The second kappa shape index (κ2) is 7.25. The highest BCUT2D eigenvalue weighted by Gasteiger charge is 2.17. The second-order valence-corrected chi connectivity index (χ2v) is 5.94. The lowest BCUT2D eigenvalue weighted by molar-refractivity contribution is 0.414. The van der Waals surface area contributed by atoms with E-state index in [1.165, 1.54) is 6.07 Å². The number of ether oxygens (including phenoxy) is 1. The van der Waals surface area contributed by atoms with Gasteiger partial charge in [-0.2, -0.15) is 0 Å². The number of halogens is 3. The van der Waals surface area contributed by atoms with Crippen molar-refractivity contribution < 1.29 is 9.13 Å². The third-order valence-corrected chi connectivity index (χ3v) is 4.56. The molecule has 112 valence electrons. The van der Waals surface area contributed by atoms with E-state index in [4.69, 9.17) is 16.3 Å². The molecule has 1 N–H and O–H groups in total. The van der Waals surface area contributed by atoms with Crippen molar-refractivity contribution in [2.24, 2.45) is 0 Å². The normalized spacial score (nSPS) is 12.2. The number of likely N-dealkylation sites (N-methyl/N-ethyl adjacent to an activating group) is 1. The molecule has 0 spiro atoms. The second-order valence-electron chi connectivity index (χ2n) is 4.68. The molecule has 0 bridgehead atoms. The molecule has 0 fully saturated rings. The summed E-state index contributed by atoms with van der Waals surface area (Å²) in [6.45, 7) is 0. The van der Waals surface area contributed by atoms with Crippen molar-refractivity contribution in [3.63, 3.8) is 0 Å². The smallest absolute Gasteiger partial charge is 0.129 e. The molecule has 0 amide bonds. The standard InChI is InChI=1S/C16H16BrClFNO/c1-20-16(7-10-3-5-11(21-2)6-4-10)12-8-14(18)13(17)9-15(12)19/h3-6,8-9,16,20H,7H2,1-2H3. The van der Waals surface area contributed by atoms with Crippen LogP contribution in [0.5, 0.6) is 5.75 Å². The van der Waals surface area contributed by atoms with Crippen LogP contribution < -0.4 is 10.1 Å². The van der Waals surface area contributed by atoms with Crippen LogP contribution in [0.2, 0.25) is 5.02 Å². The third-order valence-electron chi connectivity index (χ3n) is 3.36. The van der Waals surface area contributed by atoms with Gasteiger partial charge in [-0.1, -0.05) is 23.7 Å². The van der Waals surface area contributed by atoms with Gasteiger partial charge < -0.3 is 10.1 Å². The molecule has 0 aliphatic heterocycles. The molecular weight excluding hydrogens is 357 g/mol. The Balaban J connectivity index is 2.25. The first-order valence-corrected chi connectivity index (χ1v) is 7.67. The molecule has 0 radical (unpaired) electrons. The van der Waals surface area contributed by atoms with Crippen LogP contribution in [0.1, 0.15) is 17.2 Å². The van der Waals surface area contributed by atoms with E-state index < -0.39 is 0 Å². The summed E-state index contributed by atoms with van der Waals surface area (Å²) >= 11 is 9.30. The molecule has 0 aliphatic rings. The Hall–Kier alpha value is -1.10. The lowest BCUT2D eigenvalue weighted by Crippen LogP contribution is -2.20. The molecule has 2 nitrogen and oxygen atoms in total. The number of methoxy groups -OCH3 is 1. The summed E-state index contributed by atoms with van der Waals surface area (Å²) in [5.41, 5.74) is 1.65. The summed E-state index contributed by atoms with van der Waals surface area (Å²) in [4.78, 5) is 0. The molecule has 0 saturated heterocycles. The Bertz CT molecular complexity index is 618. The highest BCUT2D eigenvalue weighted by molar-refractivity contribution is 9.10. The maximum Gasteiger partial charge on any atom is 0.129 e. The zero-order valence-corrected chi connectivity index (χ0v) is 14.1. The number of benzene rings is 2. The van der Waals surface area contributed by atoms with E-state index in [0.29, 0.717) is 21.5 Å². The molecular formula is C16H16BrClFNO. The highest BCUT2D eigenvalue weighted by Crippen LogP contribution is 2.30. The lowest BCUT2D eigenvalue weighted by atomic mass is 9.98. The van der Waals surface area contributed by atoms with Crippen LogP contribution in [-0.2, 0) is 6.42 Å². The molecule has 5 heteroatoms. The van der Waals surface area contributed by atoms with Gasteiger partial charge in [-0.05, 0) is 59.2 Å². The predicted octanol–water partition coefficient (Wildman–Crippen LogP) is 4.75. The van der Waals surface area contributed by atoms with Crippen molar-refractivity contribution in [2.45, 2.75) is 12.5 Å². The van der Waals surface area contributed by atoms with Crippen molar-refractivity contribution in [1.29, 1.82) is 0 Å². The predicted molar refractivity (Wildman–Crippen MR) is 87.6 cm³/mol. The highest BCUT2D eigenvalue weighted by atomic mass is 79.9. The molecule has 0 saturated carbocycles. The Morgan fingerprint density at radius 2 is 1.95 bits per heavy atom. The largest absolute Gasteiger partial charge is 0.497 e. The van der Waals surface area contributed by atoms with E-state index in [-0.39, 0.29) is 11.9 Å². The van der Waals surface area contributed by atoms with Crippen molar-refractivity contribution in [2.75, 3.05) is 14.2 Å². The molecule has 2 aromatic rings. The van der Waals surface area contributed by atoms with Crippen molar-refractivity contribution >= 4 is 27.5 Å². The molecule has 0 aliphatic carbocycles. The monoisotopic (exact) mass is 371 g/mol. The fourth-order valence-corrected chi connectivity index (χ4v) is 2.66. The summed E-state index contributed by atoms with van der Waals surface area (Å²) in [5, 5.41) is 3.64. The number of hydrogen-bond acceptors (Lipinski definition) is 2. The number of hydrogen-bond donors (Lipinski definition) is 1. The van der Waals surface area contributed by atoms with Gasteiger partial charge in [-0.15, -0.1) is 0 Å². The minimum atomic E-state index is -0.279. The van der Waals surface area contributed by atoms with Gasteiger partial charge in [0.1, 0.15) is 11.6 Å². The van der Waals surface area contributed by atoms with Crippen molar-refractivity contribution in [1.82, 2.24) is 5.32 Å². The lowest BCUT2D eigenvalue weighted by Gasteiger charge is -2.18. The molecule has 0 heterocycles. The number of nitrogens with one attached hydrogen (secondary N) is 1. The molecule has 1 atom stereocenters. The summed E-state index contributed by atoms with van der Waals surface area (Å²) in [7, 11) is 3.44. The van der Waals surface area contributed by atoms with Crippen LogP contribution in [-0.4, -0.2) is 14.2 Å². The third kappa shape index (κ3) is 3.96. The molecule has 0 aromatic heterocycles. The Morgan fingerprint density at radius 1 is 1.29 bits per heavy atom. The summed E-state index contributed by atoms with van der Waals surface area (Å²) in [5.74, 6) is 0.525. The first kappa shape index (κ1) is 16.3. The zero-order chi connectivity index (χ0) is 15.4. The summed E-state index contributed by atoms with van der Waals surface area (Å²) < 4.78 is 19.8. The fraction of sp³-hybridized carbons (Fsp3) is 0.250. The fourth-order valence-electron chi connectivity index (χ4n) is 2.17. The molecule has 2 rings (SSSR count). The van der Waals surface area contributed by atoms with Gasteiger partial charge in [0.25, 0.3) is 0 Å². The average molecular weight is 373 g/mol. The van der Waals surface area contributed by atoms with Crippen molar-refractivity contribution in [3.8, 4) is 5.75 Å². The van der Waals surface area contributed by atoms with Gasteiger partial charge >= 0.3 is 0 Å². The van der Waals surface area contributed by atoms with Crippen LogP contribution in [0, 0.1) is 5.82 Å². The Morgan fingerprint density at radius 3 is 2.52 bits per heavy atom. The zero-order valence-electron chi connectivity index (χ0n) is 11.8. The van der Waals surface area contributed by atoms with Crippen LogP contribution >= 0.6 is 27.5 Å². The average Bonchev–Trinajstić information content (AvgIpc) is 2.49. The Labute approximate surface area is 137 Å². The van der Waals surface area contributed by atoms with E-state index in [2.05, 4.69) is 21.2 Å². The number of rotatable bonds is 5. The van der Waals surface area contributed by atoms with Gasteiger partial charge in [0, 0.05) is 16.1 Å². The van der Waals surface area contributed by atoms with Gasteiger partial charge in [0.05, 0.1) is 12.1 Å². The quantitative estimate of drug-likeness (QED) is 0.765. The maximum absolute atomic E-state index is 14.1. The molecule has 1 unspecified atom stereocenters. The van der Waals surface area contributed by atoms with Gasteiger partial charge in [-0.3, -0.25) is 0 Å². The van der Waals surface area contributed by atoms with Crippen LogP contribution in [0.4, 0.5) is 4.39 Å². The minimum absolute atomic E-state index is 0.149. The van der Waals surface area contributed by atoms with E-state index >= 15 is 0 Å². The SMILES string of the molecule is CNC(Cc1ccc(OC)cc1)c1cc(Cl)c(Br)cc1F. The molecule has 21 heavy (non-hydrogen) atoms. The first-order chi connectivity index (χ1) is 10.0. The van der Waals surface area contributed by atoms with E-state index in [9.17, 15) is 4.39 Å². The molecule has 2 aromatic carbocycles.